The Labute approximate surface area is 141 Å². The van der Waals surface area contributed by atoms with E-state index in [4.69, 9.17) is 0 Å². The Morgan fingerprint density at radius 2 is 1.72 bits per heavy atom. The van der Waals surface area contributed by atoms with E-state index in [0.29, 0.717) is 5.56 Å². The fourth-order valence-corrected chi connectivity index (χ4v) is 2.70. The van der Waals surface area contributed by atoms with Gasteiger partial charge in [-0.3, -0.25) is 4.79 Å². The van der Waals surface area contributed by atoms with E-state index < -0.39 is 0 Å². The zero-order valence-electron chi connectivity index (χ0n) is 9.08. The molecule has 0 unspecified atom stereocenters. The summed E-state index contributed by atoms with van der Waals surface area (Å²) in [6.45, 7) is 0. The summed E-state index contributed by atoms with van der Waals surface area (Å²) < 4.78 is 2.97. The number of halogens is 3. The van der Waals surface area contributed by atoms with E-state index in [1.54, 1.807) is 0 Å². The number of benzene rings is 2. The van der Waals surface area contributed by atoms with E-state index in [9.17, 15) is 4.79 Å². The van der Waals surface area contributed by atoms with E-state index in [-0.39, 0.29) is 5.91 Å². The van der Waals surface area contributed by atoms with Crippen molar-refractivity contribution in [3.63, 3.8) is 0 Å². The second-order valence-corrected chi connectivity index (χ2v) is 6.91. The average Bonchev–Trinajstić information content (AvgIpc) is 2.35. The minimum Gasteiger partial charge on any atom is -0.322 e. The van der Waals surface area contributed by atoms with Gasteiger partial charge in [0.25, 0.3) is 5.91 Å². The molecule has 0 atom stereocenters. The van der Waals surface area contributed by atoms with Crippen molar-refractivity contribution >= 4 is 72.7 Å². The van der Waals surface area contributed by atoms with Crippen LogP contribution < -0.4 is 5.32 Å². The molecule has 0 fully saturated rings. The van der Waals surface area contributed by atoms with Gasteiger partial charge in [0, 0.05) is 17.3 Å². The molecule has 2 rings (SSSR count). The lowest BCUT2D eigenvalue weighted by molar-refractivity contribution is 0.102. The maximum atomic E-state index is 12.1. The van der Waals surface area contributed by atoms with Crippen LogP contribution in [-0.4, -0.2) is 5.91 Å². The van der Waals surface area contributed by atoms with Gasteiger partial charge in [0.2, 0.25) is 0 Å². The Balaban J connectivity index is 2.21. The molecule has 0 saturated carbocycles. The molecule has 0 saturated heterocycles. The topological polar surface area (TPSA) is 29.1 Å². The summed E-state index contributed by atoms with van der Waals surface area (Å²) >= 11 is 7.76. The van der Waals surface area contributed by atoms with E-state index in [2.05, 4.69) is 66.4 Å². The monoisotopic (exact) mass is 527 g/mol. The van der Waals surface area contributed by atoms with Crippen molar-refractivity contribution in [3.8, 4) is 0 Å². The van der Waals surface area contributed by atoms with Crippen molar-refractivity contribution in [1.82, 2.24) is 0 Å². The molecule has 0 spiro atoms. The van der Waals surface area contributed by atoms with Crippen LogP contribution in [0.1, 0.15) is 10.4 Å². The molecule has 0 bridgehead atoms. The highest BCUT2D eigenvalue weighted by molar-refractivity contribution is 14.1. The highest BCUT2D eigenvalue weighted by atomic mass is 127. The molecule has 0 aliphatic rings. The number of anilines is 1. The lowest BCUT2D eigenvalue weighted by Gasteiger charge is -2.07. The quantitative estimate of drug-likeness (QED) is 0.553. The predicted octanol–water partition coefficient (Wildman–Crippen LogP) is 4.91. The van der Waals surface area contributed by atoms with Crippen LogP contribution in [0.2, 0.25) is 0 Å². The van der Waals surface area contributed by atoms with Crippen LogP contribution in [0.4, 0.5) is 5.69 Å². The first kappa shape index (κ1) is 14.3. The molecule has 0 heterocycles. The average molecular weight is 528 g/mol. The van der Waals surface area contributed by atoms with Crippen LogP contribution in [0.5, 0.6) is 0 Å². The van der Waals surface area contributed by atoms with Gasteiger partial charge < -0.3 is 5.32 Å². The fourth-order valence-electron chi connectivity index (χ4n) is 1.40. The Hall–Kier alpha value is -0.150. The zero-order chi connectivity index (χ0) is 13.1. The van der Waals surface area contributed by atoms with Crippen LogP contribution in [0.15, 0.2) is 46.9 Å². The third-order valence-corrected chi connectivity index (χ3v) is 4.43. The molecule has 0 aliphatic heterocycles. The molecule has 0 aliphatic carbocycles. The van der Waals surface area contributed by atoms with Gasteiger partial charge in [-0.15, -0.1) is 0 Å². The summed E-state index contributed by atoms with van der Waals surface area (Å²) in [5, 5.41) is 2.89. The van der Waals surface area contributed by atoms with Crippen molar-refractivity contribution in [2.45, 2.75) is 0 Å². The molecule has 2 aromatic rings. The third kappa shape index (κ3) is 3.67. The van der Waals surface area contributed by atoms with Gasteiger partial charge in [-0.1, -0.05) is 15.9 Å². The molecule has 5 heteroatoms. The summed E-state index contributed by atoms with van der Waals surface area (Å²) in [4.78, 5) is 12.1. The van der Waals surface area contributed by atoms with Crippen LogP contribution in [-0.2, 0) is 0 Å². The molecular weight excluding hydrogens is 520 g/mol. The maximum absolute atomic E-state index is 12.1. The van der Waals surface area contributed by atoms with Crippen molar-refractivity contribution in [2.75, 3.05) is 5.32 Å². The van der Waals surface area contributed by atoms with E-state index in [1.165, 1.54) is 0 Å². The standard InChI is InChI=1S/C13H8BrI2NO/c14-8-1-6-12(16)11(7-8)13(18)17-10-4-2-9(15)3-5-10/h1-7H,(H,17,18). The van der Waals surface area contributed by atoms with Crippen LogP contribution in [0, 0.1) is 7.14 Å². The normalized spacial score (nSPS) is 10.2. The summed E-state index contributed by atoms with van der Waals surface area (Å²) in [5.74, 6) is -0.0955. The Kier molecular flexibility index (Phi) is 5.02. The molecular formula is C13H8BrI2NO. The highest BCUT2D eigenvalue weighted by Crippen LogP contribution is 2.20. The van der Waals surface area contributed by atoms with Gasteiger partial charge in [0.15, 0.2) is 0 Å². The second kappa shape index (κ2) is 6.33. The SMILES string of the molecule is O=C(Nc1ccc(I)cc1)c1cc(Br)ccc1I. The number of nitrogens with one attached hydrogen (secondary N) is 1. The molecule has 0 radical (unpaired) electrons. The first-order valence-electron chi connectivity index (χ1n) is 5.08. The smallest absolute Gasteiger partial charge is 0.256 e. The molecule has 0 aromatic heterocycles. The van der Waals surface area contributed by atoms with Crippen LogP contribution >= 0.6 is 61.1 Å². The minimum atomic E-state index is -0.0955. The van der Waals surface area contributed by atoms with E-state index in [1.807, 2.05) is 42.5 Å². The van der Waals surface area contributed by atoms with Crippen LogP contribution in [0.3, 0.4) is 0 Å². The van der Waals surface area contributed by atoms with Gasteiger partial charge in [-0.05, 0) is 87.6 Å². The fraction of sp³-hybridized carbons (Fsp3) is 0. The second-order valence-electron chi connectivity index (χ2n) is 3.59. The van der Waals surface area contributed by atoms with Gasteiger partial charge in [-0.2, -0.15) is 0 Å². The Morgan fingerprint density at radius 3 is 2.39 bits per heavy atom. The molecule has 2 nitrogen and oxygen atoms in total. The molecule has 18 heavy (non-hydrogen) atoms. The molecule has 92 valence electrons. The van der Waals surface area contributed by atoms with Crippen molar-refractivity contribution in [1.29, 1.82) is 0 Å². The van der Waals surface area contributed by atoms with Crippen molar-refractivity contribution in [3.05, 3.63) is 59.6 Å². The molecule has 1 amide bonds. The zero-order valence-corrected chi connectivity index (χ0v) is 15.0. The first-order chi connectivity index (χ1) is 8.56. The summed E-state index contributed by atoms with van der Waals surface area (Å²) in [6, 6.07) is 13.4. The number of carbonyl (C=O) groups is 1. The van der Waals surface area contributed by atoms with E-state index in [0.717, 1.165) is 17.3 Å². The largest absolute Gasteiger partial charge is 0.322 e. The molecule has 1 N–H and O–H groups in total. The van der Waals surface area contributed by atoms with Gasteiger partial charge >= 0.3 is 0 Å². The number of amides is 1. The van der Waals surface area contributed by atoms with Crippen LogP contribution in [0.25, 0.3) is 0 Å². The number of carbonyl (C=O) groups excluding carboxylic acids is 1. The van der Waals surface area contributed by atoms with Gasteiger partial charge in [-0.25, -0.2) is 0 Å². The van der Waals surface area contributed by atoms with Crippen molar-refractivity contribution in [2.24, 2.45) is 0 Å². The lowest BCUT2D eigenvalue weighted by atomic mass is 10.2. The van der Waals surface area contributed by atoms with Gasteiger partial charge in [0.05, 0.1) is 5.56 Å². The summed E-state index contributed by atoms with van der Waals surface area (Å²) in [7, 11) is 0. The highest BCUT2D eigenvalue weighted by Gasteiger charge is 2.10. The summed E-state index contributed by atoms with van der Waals surface area (Å²) in [6.07, 6.45) is 0. The van der Waals surface area contributed by atoms with Gasteiger partial charge in [0.1, 0.15) is 0 Å². The van der Waals surface area contributed by atoms with Crippen molar-refractivity contribution < 1.29 is 4.79 Å². The Morgan fingerprint density at radius 1 is 1.06 bits per heavy atom. The first-order valence-corrected chi connectivity index (χ1v) is 8.03. The maximum Gasteiger partial charge on any atom is 0.256 e. The Bertz CT molecular complexity index is 584. The number of hydrogen-bond donors (Lipinski definition) is 1. The number of rotatable bonds is 2. The lowest BCUT2D eigenvalue weighted by Crippen LogP contribution is -2.13. The third-order valence-electron chi connectivity index (χ3n) is 2.28. The molecule has 2 aromatic carbocycles. The number of hydrogen-bond acceptors (Lipinski definition) is 1. The minimum absolute atomic E-state index is 0.0955. The summed E-state index contributed by atoms with van der Waals surface area (Å²) in [5.41, 5.74) is 1.47. The predicted molar refractivity (Wildman–Crippen MR) is 94.0 cm³/mol. The van der Waals surface area contributed by atoms with E-state index >= 15 is 0 Å².